The average Bonchev–Trinajstić information content (AvgIpc) is 3.23. The third kappa shape index (κ3) is 3.57. The summed E-state index contributed by atoms with van der Waals surface area (Å²) < 4.78 is 20.3. The maximum Gasteiger partial charge on any atom is 0.262 e. The first-order valence-corrected chi connectivity index (χ1v) is 8.76. The van der Waals surface area contributed by atoms with E-state index in [9.17, 15) is 9.18 Å². The Morgan fingerprint density at radius 2 is 2.08 bits per heavy atom. The number of carbonyl (C=O) groups excluding carboxylic acids is 1. The monoisotopic (exact) mass is 367 g/mol. The minimum absolute atomic E-state index is 0.192. The van der Waals surface area contributed by atoms with Crippen molar-refractivity contribution in [2.24, 2.45) is 0 Å². The van der Waals surface area contributed by atoms with Crippen molar-refractivity contribution in [1.29, 1.82) is 0 Å². The van der Waals surface area contributed by atoms with E-state index < -0.39 is 5.82 Å². The molecule has 5 nitrogen and oxygen atoms in total. The predicted molar refractivity (Wildman–Crippen MR) is 99.0 cm³/mol. The highest BCUT2D eigenvalue weighted by Crippen LogP contribution is 2.23. The predicted octanol–water partition coefficient (Wildman–Crippen LogP) is 4.22. The molecule has 4 rings (SSSR count). The van der Waals surface area contributed by atoms with E-state index in [1.54, 1.807) is 17.4 Å². The first kappa shape index (κ1) is 16.3. The molecule has 1 N–H and O–H groups in total. The number of anilines is 1. The van der Waals surface area contributed by atoms with E-state index in [4.69, 9.17) is 4.74 Å². The highest BCUT2D eigenvalue weighted by Gasteiger charge is 2.07. The quantitative estimate of drug-likeness (QED) is 0.575. The number of rotatable bonds is 5. The summed E-state index contributed by atoms with van der Waals surface area (Å²) in [7, 11) is 0. The molecule has 0 bridgehead atoms. The Balaban J connectivity index is 1.37. The molecule has 26 heavy (non-hydrogen) atoms. The topological polar surface area (TPSA) is 55.6 Å². The van der Waals surface area contributed by atoms with Crippen molar-refractivity contribution in [1.82, 2.24) is 9.38 Å². The molecule has 0 aliphatic carbocycles. The molecule has 2 aromatic heterocycles. The van der Waals surface area contributed by atoms with Crippen LogP contribution in [0, 0.1) is 5.82 Å². The van der Waals surface area contributed by atoms with Gasteiger partial charge in [-0.3, -0.25) is 9.20 Å². The second kappa shape index (κ2) is 6.97. The molecular formula is C19H14FN3O2S. The minimum Gasteiger partial charge on any atom is -0.484 e. The smallest absolute Gasteiger partial charge is 0.262 e. The van der Waals surface area contributed by atoms with Crippen LogP contribution in [0.25, 0.3) is 16.2 Å². The molecule has 0 atom stereocenters. The first-order valence-electron chi connectivity index (χ1n) is 7.88. The Bertz CT molecular complexity index is 1030. The van der Waals surface area contributed by atoms with E-state index in [-0.39, 0.29) is 12.5 Å². The van der Waals surface area contributed by atoms with Crippen LogP contribution in [0.2, 0.25) is 0 Å². The fourth-order valence-electron chi connectivity index (χ4n) is 2.49. The van der Waals surface area contributed by atoms with Crippen LogP contribution in [0.5, 0.6) is 5.75 Å². The van der Waals surface area contributed by atoms with Crippen molar-refractivity contribution >= 4 is 27.9 Å². The van der Waals surface area contributed by atoms with Crippen molar-refractivity contribution in [2.45, 2.75) is 0 Å². The zero-order valence-corrected chi connectivity index (χ0v) is 14.4. The summed E-state index contributed by atoms with van der Waals surface area (Å²) in [5.41, 5.74) is 2.50. The third-order valence-corrected chi connectivity index (χ3v) is 4.49. The van der Waals surface area contributed by atoms with Gasteiger partial charge in [0, 0.05) is 35.1 Å². The van der Waals surface area contributed by atoms with Gasteiger partial charge in [0.25, 0.3) is 5.91 Å². The summed E-state index contributed by atoms with van der Waals surface area (Å²) in [6, 6.07) is 13.1. The number of carbonyl (C=O) groups is 1. The van der Waals surface area contributed by atoms with Gasteiger partial charge in [-0.15, -0.1) is 11.3 Å². The number of halogens is 1. The zero-order chi connectivity index (χ0) is 17.9. The molecule has 0 saturated carbocycles. The number of fused-ring (bicyclic) bond motifs is 1. The Kier molecular flexibility index (Phi) is 4.37. The highest BCUT2D eigenvalue weighted by molar-refractivity contribution is 7.15. The summed E-state index contributed by atoms with van der Waals surface area (Å²) in [6.07, 6.45) is 3.93. The van der Waals surface area contributed by atoms with Crippen LogP contribution in [0.15, 0.2) is 66.3 Å². The fourth-order valence-corrected chi connectivity index (χ4v) is 3.19. The Morgan fingerprint density at radius 1 is 1.23 bits per heavy atom. The fraction of sp³-hybridized carbons (Fsp3) is 0.0526. The summed E-state index contributed by atoms with van der Waals surface area (Å²) in [4.78, 5) is 17.4. The first-order chi connectivity index (χ1) is 12.7. The molecule has 0 saturated heterocycles. The molecule has 0 aliphatic heterocycles. The Hall–Kier alpha value is -3.19. The van der Waals surface area contributed by atoms with E-state index in [2.05, 4.69) is 10.3 Å². The molecule has 2 aromatic carbocycles. The number of benzene rings is 2. The van der Waals surface area contributed by atoms with E-state index >= 15 is 0 Å². The van der Waals surface area contributed by atoms with Gasteiger partial charge >= 0.3 is 0 Å². The maximum atomic E-state index is 13.1. The van der Waals surface area contributed by atoms with E-state index in [1.807, 2.05) is 46.4 Å². The van der Waals surface area contributed by atoms with Crippen molar-refractivity contribution in [2.75, 3.05) is 11.9 Å². The molecule has 0 radical (unpaired) electrons. The Labute approximate surface area is 152 Å². The number of amides is 1. The largest absolute Gasteiger partial charge is 0.484 e. The molecular weight excluding hydrogens is 353 g/mol. The van der Waals surface area contributed by atoms with Crippen LogP contribution in [-0.2, 0) is 4.79 Å². The van der Waals surface area contributed by atoms with Gasteiger partial charge in [-0.2, -0.15) is 0 Å². The van der Waals surface area contributed by atoms with Crippen molar-refractivity contribution in [3.05, 3.63) is 72.1 Å². The second-order valence-corrected chi connectivity index (χ2v) is 6.46. The number of hydrogen-bond donors (Lipinski definition) is 1. The van der Waals surface area contributed by atoms with Crippen molar-refractivity contribution in [3.63, 3.8) is 0 Å². The molecule has 0 spiro atoms. The van der Waals surface area contributed by atoms with Crippen LogP contribution in [0.4, 0.5) is 10.1 Å². The van der Waals surface area contributed by atoms with Crippen LogP contribution in [0.1, 0.15) is 0 Å². The SMILES string of the molecule is O=C(COc1cccc(F)c1)Nc1ccc(-c2cn3ccsc3n2)cc1. The highest BCUT2D eigenvalue weighted by atomic mass is 32.1. The van der Waals surface area contributed by atoms with Gasteiger partial charge in [-0.25, -0.2) is 9.37 Å². The number of aromatic nitrogens is 2. The lowest BCUT2D eigenvalue weighted by atomic mass is 10.1. The molecule has 0 unspecified atom stereocenters. The lowest BCUT2D eigenvalue weighted by Gasteiger charge is -2.08. The Morgan fingerprint density at radius 3 is 2.85 bits per heavy atom. The van der Waals surface area contributed by atoms with Crippen LogP contribution in [-0.4, -0.2) is 21.9 Å². The minimum atomic E-state index is -0.405. The van der Waals surface area contributed by atoms with E-state index in [0.29, 0.717) is 11.4 Å². The zero-order valence-electron chi connectivity index (χ0n) is 13.6. The van der Waals surface area contributed by atoms with Crippen molar-refractivity contribution < 1.29 is 13.9 Å². The van der Waals surface area contributed by atoms with E-state index in [0.717, 1.165) is 16.2 Å². The normalized spacial score (nSPS) is 10.8. The number of imidazole rings is 1. The summed E-state index contributed by atoms with van der Waals surface area (Å²) >= 11 is 1.58. The second-order valence-electron chi connectivity index (χ2n) is 5.59. The number of nitrogens with one attached hydrogen (secondary N) is 1. The standard InChI is InChI=1S/C19H14FN3O2S/c20-14-2-1-3-16(10-14)25-12-18(24)21-15-6-4-13(5-7-15)17-11-23-8-9-26-19(23)22-17/h1-11H,12H2,(H,21,24). The van der Waals surface area contributed by atoms with Gasteiger partial charge in [-0.05, 0) is 24.3 Å². The van der Waals surface area contributed by atoms with Gasteiger partial charge in [0.2, 0.25) is 0 Å². The van der Waals surface area contributed by atoms with Crippen LogP contribution < -0.4 is 10.1 Å². The maximum absolute atomic E-state index is 13.1. The number of ether oxygens (including phenoxy) is 1. The average molecular weight is 367 g/mol. The summed E-state index contributed by atoms with van der Waals surface area (Å²) in [5, 5.41) is 4.73. The van der Waals surface area contributed by atoms with Crippen LogP contribution in [0.3, 0.4) is 0 Å². The number of thiazole rings is 1. The molecule has 7 heteroatoms. The summed E-state index contributed by atoms with van der Waals surface area (Å²) in [5.74, 6) is -0.405. The lowest BCUT2D eigenvalue weighted by Crippen LogP contribution is -2.20. The van der Waals surface area contributed by atoms with Gasteiger partial charge in [-0.1, -0.05) is 18.2 Å². The molecule has 0 aliphatic rings. The number of hydrogen-bond acceptors (Lipinski definition) is 4. The van der Waals surface area contributed by atoms with Gasteiger partial charge < -0.3 is 10.1 Å². The van der Waals surface area contributed by atoms with Crippen LogP contribution >= 0.6 is 11.3 Å². The van der Waals surface area contributed by atoms with E-state index in [1.165, 1.54) is 18.2 Å². The van der Waals surface area contributed by atoms with Crippen molar-refractivity contribution in [3.8, 4) is 17.0 Å². The molecule has 1 amide bonds. The van der Waals surface area contributed by atoms with Gasteiger partial charge in [0.05, 0.1) is 5.69 Å². The number of nitrogens with zero attached hydrogens (tertiary/aromatic N) is 2. The van der Waals surface area contributed by atoms with Gasteiger partial charge in [0.1, 0.15) is 11.6 Å². The lowest BCUT2D eigenvalue weighted by molar-refractivity contribution is -0.118. The third-order valence-electron chi connectivity index (χ3n) is 3.72. The molecule has 0 fully saturated rings. The van der Waals surface area contributed by atoms with Gasteiger partial charge in [0.15, 0.2) is 11.6 Å². The summed E-state index contributed by atoms with van der Waals surface area (Å²) in [6.45, 7) is -0.192. The molecule has 2 heterocycles. The molecule has 4 aromatic rings. The molecule has 130 valence electrons.